The highest BCUT2D eigenvalue weighted by atomic mass is 19.1. The maximum absolute atomic E-state index is 13.4. The Morgan fingerprint density at radius 2 is 2.32 bits per heavy atom. The molecule has 6 heteroatoms. The fraction of sp³-hybridized carbons (Fsp3) is 0.562. The molecule has 2 unspecified atom stereocenters. The standard InChI is InChI=1S/C16H23FN2O3/c1-18(10-14(20)11-22-2)15-7-4-8-19(16(15)21)13-6-3-5-12(17)9-13/h3,5-6,9,14-15,20H,4,7-8,10-11H2,1-2H3. The minimum Gasteiger partial charge on any atom is -0.389 e. The van der Waals surface area contributed by atoms with Gasteiger partial charge in [0.25, 0.3) is 0 Å². The monoisotopic (exact) mass is 310 g/mol. The number of ether oxygens (including phenoxy) is 1. The predicted molar refractivity (Wildman–Crippen MR) is 82.3 cm³/mol. The molecular formula is C16H23FN2O3. The van der Waals surface area contributed by atoms with Crippen molar-refractivity contribution in [2.45, 2.75) is 25.0 Å². The SMILES string of the molecule is COCC(O)CN(C)C1CCCN(c2cccc(F)c2)C1=O. The molecule has 0 saturated carbocycles. The number of carbonyl (C=O) groups is 1. The van der Waals surface area contributed by atoms with Crippen LogP contribution in [0.5, 0.6) is 0 Å². The number of anilines is 1. The molecular weight excluding hydrogens is 287 g/mol. The van der Waals surface area contributed by atoms with Crippen molar-refractivity contribution in [3.8, 4) is 0 Å². The van der Waals surface area contributed by atoms with Crippen LogP contribution in [0, 0.1) is 5.82 Å². The Hall–Kier alpha value is -1.50. The van der Waals surface area contributed by atoms with Crippen LogP contribution in [0.3, 0.4) is 0 Å². The van der Waals surface area contributed by atoms with Crippen molar-refractivity contribution in [1.82, 2.24) is 4.90 Å². The summed E-state index contributed by atoms with van der Waals surface area (Å²) >= 11 is 0. The van der Waals surface area contributed by atoms with E-state index in [-0.39, 0.29) is 24.4 Å². The lowest BCUT2D eigenvalue weighted by Crippen LogP contribution is -2.53. The number of aliphatic hydroxyl groups is 1. The first-order chi connectivity index (χ1) is 10.5. The van der Waals surface area contributed by atoms with Gasteiger partial charge in [-0.3, -0.25) is 9.69 Å². The van der Waals surface area contributed by atoms with Crippen LogP contribution in [0.15, 0.2) is 24.3 Å². The van der Waals surface area contributed by atoms with Crippen LogP contribution in [0.4, 0.5) is 10.1 Å². The van der Waals surface area contributed by atoms with Crippen molar-refractivity contribution in [3.63, 3.8) is 0 Å². The average Bonchev–Trinajstić information content (AvgIpc) is 2.47. The van der Waals surface area contributed by atoms with E-state index in [1.807, 2.05) is 11.9 Å². The second kappa shape index (κ2) is 7.67. The topological polar surface area (TPSA) is 53.0 Å². The Morgan fingerprint density at radius 1 is 1.55 bits per heavy atom. The molecule has 1 aromatic rings. The van der Waals surface area contributed by atoms with Crippen LogP contribution in [0.25, 0.3) is 0 Å². The molecule has 122 valence electrons. The number of carbonyl (C=O) groups excluding carboxylic acids is 1. The molecule has 1 aliphatic heterocycles. The summed E-state index contributed by atoms with van der Waals surface area (Å²) in [7, 11) is 3.34. The molecule has 0 spiro atoms. The fourth-order valence-electron chi connectivity index (χ4n) is 2.87. The zero-order valence-corrected chi connectivity index (χ0v) is 13.0. The lowest BCUT2D eigenvalue weighted by Gasteiger charge is -2.37. The highest BCUT2D eigenvalue weighted by Crippen LogP contribution is 2.24. The molecule has 2 atom stereocenters. The maximum atomic E-state index is 13.4. The average molecular weight is 310 g/mol. The minimum absolute atomic E-state index is 0.0519. The third kappa shape index (κ3) is 4.03. The van der Waals surface area contributed by atoms with E-state index in [1.165, 1.54) is 19.2 Å². The Bertz CT molecular complexity index is 512. The van der Waals surface area contributed by atoms with Crippen LogP contribution < -0.4 is 4.90 Å². The van der Waals surface area contributed by atoms with Gasteiger partial charge in [0.05, 0.1) is 18.8 Å². The van der Waals surface area contributed by atoms with Gasteiger partial charge in [0, 0.05) is 25.9 Å². The number of amides is 1. The Balaban J connectivity index is 2.06. The molecule has 1 fully saturated rings. The lowest BCUT2D eigenvalue weighted by molar-refractivity contribution is -0.125. The van der Waals surface area contributed by atoms with Gasteiger partial charge in [-0.2, -0.15) is 0 Å². The number of nitrogens with zero attached hydrogens (tertiary/aromatic N) is 2. The number of rotatable bonds is 6. The number of benzene rings is 1. The molecule has 1 aromatic carbocycles. The van der Waals surface area contributed by atoms with E-state index in [0.717, 1.165) is 12.8 Å². The lowest BCUT2D eigenvalue weighted by atomic mass is 10.0. The number of piperidine rings is 1. The second-order valence-electron chi connectivity index (χ2n) is 5.68. The van der Waals surface area contributed by atoms with E-state index in [2.05, 4.69) is 0 Å². The summed E-state index contributed by atoms with van der Waals surface area (Å²) in [6, 6.07) is 5.78. The number of halogens is 1. The summed E-state index contributed by atoms with van der Waals surface area (Å²) in [6.45, 7) is 1.19. The Labute approximate surface area is 130 Å². The molecule has 0 aliphatic carbocycles. The first-order valence-corrected chi connectivity index (χ1v) is 7.47. The quantitative estimate of drug-likeness (QED) is 0.859. The Kier molecular flexibility index (Phi) is 5.88. The molecule has 22 heavy (non-hydrogen) atoms. The zero-order valence-electron chi connectivity index (χ0n) is 13.0. The van der Waals surface area contributed by atoms with E-state index < -0.39 is 6.10 Å². The number of methoxy groups -OCH3 is 1. The van der Waals surface area contributed by atoms with E-state index >= 15 is 0 Å². The third-order valence-electron chi connectivity index (χ3n) is 3.92. The molecule has 1 amide bonds. The molecule has 5 nitrogen and oxygen atoms in total. The van der Waals surface area contributed by atoms with Crippen LogP contribution in [0.2, 0.25) is 0 Å². The summed E-state index contributed by atoms with van der Waals surface area (Å²) in [6.07, 6.45) is 0.950. The maximum Gasteiger partial charge on any atom is 0.244 e. The molecule has 1 heterocycles. The fourth-order valence-corrected chi connectivity index (χ4v) is 2.87. The van der Waals surface area contributed by atoms with Gasteiger partial charge in [0.1, 0.15) is 5.82 Å². The first kappa shape index (κ1) is 16.9. The Morgan fingerprint density at radius 3 is 3.00 bits per heavy atom. The number of likely N-dealkylation sites (N-methyl/N-ethyl adjacent to an activating group) is 1. The molecule has 1 saturated heterocycles. The molecule has 0 radical (unpaired) electrons. The van der Waals surface area contributed by atoms with E-state index in [9.17, 15) is 14.3 Å². The smallest absolute Gasteiger partial charge is 0.244 e. The van der Waals surface area contributed by atoms with Gasteiger partial charge >= 0.3 is 0 Å². The summed E-state index contributed by atoms with van der Waals surface area (Å²) < 4.78 is 18.3. The van der Waals surface area contributed by atoms with Gasteiger partial charge in [-0.1, -0.05) is 6.07 Å². The molecule has 2 rings (SSSR count). The van der Waals surface area contributed by atoms with Crippen LogP contribution in [0.1, 0.15) is 12.8 Å². The van der Waals surface area contributed by atoms with Crippen molar-refractivity contribution in [2.24, 2.45) is 0 Å². The summed E-state index contributed by atoms with van der Waals surface area (Å²) in [4.78, 5) is 16.1. The van der Waals surface area contributed by atoms with Crippen molar-refractivity contribution in [3.05, 3.63) is 30.1 Å². The minimum atomic E-state index is -0.632. The van der Waals surface area contributed by atoms with Gasteiger partial charge in [-0.25, -0.2) is 4.39 Å². The number of aliphatic hydroxyl groups excluding tert-OH is 1. The van der Waals surface area contributed by atoms with Gasteiger partial charge in [-0.05, 0) is 38.1 Å². The normalized spacial score (nSPS) is 20.5. The molecule has 1 aliphatic rings. The first-order valence-electron chi connectivity index (χ1n) is 7.47. The van der Waals surface area contributed by atoms with E-state index in [4.69, 9.17) is 4.74 Å². The van der Waals surface area contributed by atoms with Gasteiger partial charge in [-0.15, -0.1) is 0 Å². The van der Waals surface area contributed by atoms with Crippen LogP contribution in [-0.2, 0) is 9.53 Å². The van der Waals surface area contributed by atoms with Crippen molar-refractivity contribution in [1.29, 1.82) is 0 Å². The molecule has 0 bridgehead atoms. The highest BCUT2D eigenvalue weighted by Gasteiger charge is 2.33. The highest BCUT2D eigenvalue weighted by molar-refractivity contribution is 5.97. The largest absolute Gasteiger partial charge is 0.389 e. The second-order valence-corrected chi connectivity index (χ2v) is 5.68. The predicted octanol–water partition coefficient (Wildman–Crippen LogP) is 1.26. The summed E-state index contributed by atoms with van der Waals surface area (Å²) in [5.74, 6) is -0.403. The number of hydrogen-bond acceptors (Lipinski definition) is 4. The zero-order chi connectivity index (χ0) is 16.1. The van der Waals surface area contributed by atoms with Crippen molar-refractivity contribution < 1.29 is 19.0 Å². The third-order valence-corrected chi connectivity index (χ3v) is 3.92. The van der Waals surface area contributed by atoms with Gasteiger partial charge in [0.2, 0.25) is 5.91 Å². The van der Waals surface area contributed by atoms with Gasteiger partial charge < -0.3 is 14.7 Å². The van der Waals surface area contributed by atoms with Crippen molar-refractivity contribution in [2.75, 3.05) is 38.8 Å². The molecule has 1 N–H and O–H groups in total. The molecule has 0 aromatic heterocycles. The summed E-state index contributed by atoms with van der Waals surface area (Å²) in [5, 5.41) is 9.81. The van der Waals surface area contributed by atoms with Crippen LogP contribution >= 0.6 is 0 Å². The van der Waals surface area contributed by atoms with Gasteiger partial charge in [0.15, 0.2) is 0 Å². The summed E-state index contributed by atoms with van der Waals surface area (Å²) in [5.41, 5.74) is 0.584. The van der Waals surface area contributed by atoms with E-state index in [1.54, 1.807) is 17.0 Å². The van der Waals surface area contributed by atoms with Crippen molar-refractivity contribution >= 4 is 11.6 Å². The van der Waals surface area contributed by atoms with E-state index in [0.29, 0.717) is 18.8 Å². The number of hydrogen-bond donors (Lipinski definition) is 1. The van der Waals surface area contributed by atoms with Crippen LogP contribution in [-0.4, -0.2) is 61.9 Å².